The molecule has 5 heteroatoms. The lowest BCUT2D eigenvalue weighted by Gasteiger charge is -2.15. The van der Waals surface area contributed by atoms with Crippen LogP contribution in [0.3, 0.4) is 0 Å². The van der Waals surface area contributed by atoms with Gasteiger partial charge in [-0.3, -0.25) is 9.58 Å². The number of halogens is 1. The van der Waals surface area contributed by atoms with Gasteiger partial charge in [0.25, 0.3) is 0 Å². The van der Waals surface area contributed by atoms with Crippen molar-refractivity contribution in [2.75, 3.05) is 13.1 Å². The number of benzene rings is 1. The van der Waals surface area contributed by atoms with Crippen molar-refractivity contribution in [3.8, 4) is 0 Å². The molecular weight excluding hydrogens is 296 g/mol. The Kier molecular flexibility index (Phi) is 5.62. The van der Waals surface area contributed by atoms with E-state index in [9.17, 15) is 0 Å². The number of nitrogens with zero attached hydrogens (tertiary/aromatic N) is 3. The lowest BCUT2D eigenvalue weighted by Crippen LogP contribution is -2.28. The second kappa shape index (κ2) is 7.27. The van der Waals surface area contributed by atoms with Gasteiger partial charge in [-0.05, 0) is 25.5 Å². The van der Waals surface area contributed by atoms with Crippen LogP contribution in [-0.2, 0) is 6.54 Å². The zero-order valence-electron chi connectivity index (χ0n) is 13.2. The molecule has 2 N–H and O–H groups in total. The van der Waals surface area contributed by atoms with Crippen LogP contribution >= 0.6 is 12.4 Å². The van der Waals surface area contributed by atoms with Crippen LogP contribution in [0.15, 0.2) is 42.6 Å². The first-order valence-corrected chi connectivity index (χ1v) is 7.70. The molecule has 2 atom stereocenters. The molecule has 22 heavy (non-hydrogen) atoms. The fraction of sp³-hybridized carbons (Fsp3) is 0.471. The Bertz CT molecular complexity index is 581. The maximum atomic E-state index is 6.34. The summed E-state index contributed by atoms with van der Waals surface area (Å²) in [5, 5.41) is 4.63. The molecule has 1 aliphatic rings. The molecule has 2 heterocycles. The first-order chi connectivity index (χ1) is 10.1. The van der Waals surface area contributed by atoms with Crippen molar-refractivity contribution in [2.24, 2.45) is 5.73 Å². The number of hydrogen-bond donors (Lipinski definition) is 1. The van der Waals surface area contributed by atoms with Crippen LogP contribution in [0.25, 0.3) is 0 Å². The van der Waals surface area contributed by atoms with Crippen molar-refractivity contribution < 1.29 is 0 Å². The van der Waals surface area contributed by atoms with E-state index < -0.39 is 0 Å². The first kappa shape index (κ1) is 17.0. The third-order valence-electron chi connectivity index (χ3n) is 4.25. The molecule has 0 amide bonds. The molecule has 120 valence electrons. The van der Waals surface area contributed by atoms with Gasteiger partial charge in [-0.2, -0.15) is 5.10 Å². The van der Waals surface area contributed by atoms with E-state index in [0.29, 0.717) is 12.0 Å². The number of hydrogen-bond acceptors (Lipinski definition) is 3. The van der Waals surface area contributed by atoms with E-state index in [0.717, 1.165) is 25.3 Å². The van der Waals surface area contributed by atoms with Crippen molar-refractivity contribution in [1.29, 1.82) is 0 Å². The van der Waals surface area contributed by atoms with Crippen molar-refractivity contribution >= 4 is 12.4 Å². The minimum Gasteiger partial charge on any atom is -0.326 e. The van der Waals surface area contributed by atoms with Crippen molar-refractivity contribution in [2.45, 2.75) is 38.4 Å². The van der Waals surface area contributed by atoms with Crippen LogP contribution in [-0.4, -0.2) is 33.8 Å². The Hall–Kier alpha value is -1.36. The highest BCUT2D eigenvalue weighted by atomic mass is 35.5. The third-order valence-corrected chi connectivity index (χ3v) is 4.25. The molecule has 1 fully saturated rings. The average Bonchev–Trinajstić information content (AvgIpc) is 3.07. The van der Waals surface area contributed by atoms with E-state index >= 15 is 0 Å². The summed E-state index contributed by atoms with van der Waals surface area (Å²) < 4.78 is 2.01. The topological polar surface area (TPSA) is 47.1 Å². The Balaban J connectivity index is 0.00000176. The van der Waals surface area contributed by atoms with Crippen LogP contribution < -0.4 is 5.73 Å². The summed E-state index contributed by atoms with van der Waals surface area (Å²) in [6.45, 7) is 7.13. The summed E-state index contributed by atoms with van der Waals surface area (Å²) in [5.74, 6) is 0.429. The lowest BCUT2D eigenvalue weighted by atomic mass is 9.95. The van der Waals surface area contributed by atoms with Crippen LogP contribution in [0, 0.1) is 0 Å². The van der Waals surface area contributed by atoms with Gasteiger partial charge in [0, 0.05) is 43.8 Å². The fourth-order valence-corrected chi connectivity index (χ4v) is 3.07. The molecule has 4 nitrogen and oxygen atoms in total. The first-order valence-electron chi connectivity index (χ1n) is 7.70. The second-order valence-corrected chi connectivity index (χ2v) is 6.26. The summed E-state index contributed by atoms with van der Waals surface area (Å²) in [6.07, 6.45) is 2.06. The Morgan fingerprint density at radius 1 is 1.18 bits per heavy atom. The molecule has 3 rings (SSSR count). The molecule has 1 aromatic carbocycles. The molecule has 0 radical (unpaired) electrons. The number of nitrogens with two attached hydrogens (primary N) is 1. The van der Waals surface area contributed by atoms with E-state index in [1.165, 1.54) is 5.56 Å². The Morgan fingerprint density at radius 2 is 1.91 bits per heavy atom. The van der Waals surface area contributed by atoms with E-state index in [1.807, 2.05) is 4.68 Å². The molecule has 0 aliphatic carbocycles. The molecule has 1 saturated heterocycles. The van der Waals surface area contributed by atoms with E-state index in [-0.39, 0.29) is 18.4 Å². The van der Waals surface area contributed by atoms with Crippen LogP contribution in [0.5, 0.6) is 0 Å². The van der Waals surface area contributed by atoms with Gasteiger partial charge in [0.15, 0.2) is 0 Å². The van der Waals surface area contributed by atoms with Gasteiger partial charge in [0.1, 0.15) is 0 Å². The second-order valence-electron chi connectivity index (χ2n) is 6.26. The number of rotatable bonds is 4. The average molecular weight is 321 g/mol. The van der Waals surface area contributed by atoms with Crippen molar-refractivity contribution in [3.05, 3.63) is 53.9 Å². The van der Waals surface area contributed by atoms with Gasteiger partial charge in [0.2, 0.25) is 0 Å². The molecule has 2 aromatic rings. The molecule has 1 aliphatic heterocycles. The molecule has 0 spiro atoms. The van der Waals surface area contributed by atoms with Crippen LogP contribution in [0.1, 0.15) is 37.1 Å². The van der Waals surface area contributed by atoms with Gasteiger partial charge in [0.05, 0.1) is 5.69 Å². The van der Waals surface area contributed by atoms with Gasteiger partial charge >= 0.3 is 0 Å². The zero-order chi connectivity index (χ0) is 14.8. The summed E-state index contributed by atoms with van der Waals surface area (Å²) in [6, 6.07) is 13.3. The maximum absolute atomic E-state index is 6.34. The predicted octanol–water partition coefficient (Wildman–Crippen LogP) is 2.81. The van der Waals surface area contributed by atoms with E-state index in [2.05, 4.69) is 66.4 Å². The highest BCUT2D eigenvalue weighted by Crippen LogP contribution is 2.27. The summed E-state index contributed by atoms with van der Waals surface area (Å²) in [5.41, 5.74) is 8.82. The monoisotopic (exact) mass is 320 g/mol. The van der Waals surface area contributed by atoms with E-state index in [1.54, 1.807) is 0 Å². The number of aromatic nitrogens is 2. The van der Waals surface area contributed by atoms with Crippen molar-refractivity contribution in [3.63, 3.8) is 0 Å². The minimum atomic E-state index is 0. The summed E-state index contributed by atoms with van der Waals surface area (Å²) in [7, 11) is 0. The predicted molar refractivity (Wildman–Crippen MR) is 92.3 cm³/mol. The Labute approximate surface area is 138 Å². The van der Waals surface area contributed by atoms with Gasteiger partial charge < -0.3 is 5.73 Å². The molecule has 0 saturated carbocycles. The van der Waals surface area contributed by atoms with E-state index in [4.69, 9.17) is 5.73 Å². The molecule has 1 aromatic heterocycles. The standard InChI is InChI=1S/C17H24N4.ClH/c1-13(2)21-9-8-15(19-21)10-20-11-16(17(18)12-20)14-6-4-3-5-7-14;/h3-9,13,16-17H,10-12,18H2,1-2H3;1H/t16-,17+;/m0./s1. The summed E-state index contributed by atoms with van der Waals surface area (Å²) >= 11 is 0. The quantitative estimate of drug-likeness (QED) is 0.942. The minimum absolute atomic E-state index is 0. The summed E-state index contributed by atoms with van der Waals surface area (Å²) in [4.78, 5) is 2.41. The SMILES string of the molecule is CC(C)n1ccc(CN2C[C@@H](N)[C@H](c3ccccc3)C2)n1.Cl. The van der Waals surface area contributed by atoms with Gasteiger partial charge in [-0.1, -0.05) is 30.3 Å². The fourth-order valence-electron chi connectivity index (χ4n) is 3.07. The third kappa shape index (κ3) is 3.69. The maximum Gasteiger partial charge on any atom is 0.0764 e. The van der Waals surface area contributed by atoms with Crippen molar-refractivity contribution in [1.82, 2.24) is 14.7 Å². The molecule has 0 bridgehead atoms. The highest BCUT2D eigenvalue weighted by molar-refractivity contribution is 5.85. The van der Waals surface area contributed by atoms with Gasteiger partial charge in [-0.15, -0.1) is 12.4 Å². The normalized spacial score (nSPS) is 22.0. The highest BCUT2D eigenvalue weighted by Gasteiger charge is 2.31. The molecular formula is C17H25ClN4. The smallest absolute Gasteiger partial charge is 0.0764 e. The zero-order valence-corrected chi connectivity index (χ0v) is 14.0. The largest absolute Gasteiger partial charge is 0.326 e. The van der Waals surface area contributed by atoms with Crippen LogP contribution in [0.2, 0.25) is 0 Å². The lowest BCUT2D eigenvalue weighted by molar-refractivity contribution is 0.317. The van der Waals surface area contributed by atoms with Gasteiger partial charge in [-0.25, -0.2) is 0 Å². The van der Waals surface area contributed by atoms with Crippen LogP contribution in [0.4, 0.5) is 0 Å². The Morgan fingerprint density at radius 3 is 2.55 bits per heavy atom. The number of likely N-dealkylation sites (tertiary alicyclic amines) is 1. The molecule has 0 unspecified atom stereocenters.